The van der Waals surface area contributed by atoms with Crippen molar-refractivity contribution in [2.75, 3.05) is 18.0 Å². The molecule has 26 heavy (non-hydrogen) atoms. The van der Waals surface area contributed by atoms with Gasteiger partial charge >= 0.3 is 0 Å². The zero-order chi connectivity index (χ0) is 18.3. The number of piperidine rings is 1. The Hall–Kier alpha value is -2.14. The van der Waals surface area contributed by atoms with Gasteiger partial charge < -0.3 is 4.90 Å². The van der Waals surface area contributed by atoms with E-state index >= 15 is 0 Å². The maximum atomic E-state index is 6.32. The van der Waals surface area contributed by atoms with Gasteiger partial charge in [0.2, 0.25) is 5.65 Å². The molecule has 136 valence electrons. The van der Waals surface area contributed by atoms with Crippen LogP contribution >= 0.6 is 11.6 Å². The van der Waals surface area contributed by atoms with Gasteiger partial charge in [0, 0.05) is 18.7 Å². The Labute approximate surface area is 158 Å². The topological polar surface area (TPSA) is 57.7 Å². The highest BCUT2D eigenvalue weighted by Crippen LogP contribution is 2.36. The van der Waals surface area contributed by atoms with Gasteiger partial charge in [0.25, 0.3) is 0 Å². The summed E-state index contributed by atoms with van der Waals surface area (Å²) in [7, 11) is 0. The molecular formula is C20H24ClN5. The van der Waals surface area contributed by atoms with Crippen LogP contribution in [0.4, 0.5) is 5.82 Å². The monoisotopic (exact) mass is 369 g/mol. The second-order valence-electron chi connectivity index (χ2n) is 8.11. The van der Waals surface area contributed by atoms with Gasteiger partial charge in [-0.3, -0.25) is 5.10 Å². The van der Waals surface area contributed by atoms with Crippen LogP contribution in [-0.4, -0.2) is 33.3 Å². The van der Waals surface area contributed by atoms with Crippen molar-refractivity contribution in [3.8, 4) is 11.3 Å². The fourth-order valence-corrected chi connectivity index (χ4v) is 4.00. The molecule has 1 aliphatic rings. The van der Waals surface area contributed by atoms with Crippen molar-refractivity contribution in [2.45, 2.75) is 33.6 Å². The van der Waals surface area contributed by atoms with E-state index in [1.54, 1.807) is 0 Å². The lowest BCUT2D eigenvalue weighted by Gasteiger charge is -2.39. The summed E-state index contributed by atoms with van der Waals surface area (Å²) in [4.78, 5) is 11.7. The Kier molecular flexibility index (Phi) is 4.35. The smallest absolute Gasteiger partial charge is 0.202 e. The number of anilines is 1. The number of aromatic amines is 1. The highest BCUT2D eigenvalue weighted by molar-refractivity contribution is 6.33. The predicted molar refractivity (Wildman–Crippen MR) is 107 cm³/mol. The van der Waals surface area contributed by atoms with Crippen LogP contribution in [0.5, 0.6) is 0 Å². The quantitative estimate of drug-likeness (QED) is 0.695. The fraction of sp³-hybridized carbons (Fsp3) is 0.450. The lowest BCUT2D eigenvalue weighted by Crippen LogP contribution is -2.38. The maximum absolute atomic E-state index is 6.32. The number of halogens is 1. The summed E-state index contributed by atoms with van der Waals surface area (Å²) in [5, 5.41) is 8.09. The van der Waals surface area contributed by atoms with E-state index in [1.165, 1.54) is 12.8 Å². The normalized spacial score (nSPS) is 16.4. The highest BCUT2D eigenvalue weighted by Gasteiger charge is 2.29. The standard InChI is InChI=1S/C20H24ClN5/c1-20(2,3)13-8-10-26(11-9-13)16-12-22-18-17(24-25-19(18)23-16)14-6-4-5-7-15(14)21/h4-7,12-13H,8-11H2,1-3H3,(H,23,24,25). The van der Waals surface area contributed by atoms with Gasteiger partial charge in [-0.1, -0.05) is 50.6 Å². The van der Waals surface area contributed by atoms with Crippen LogP contribution in [0.15, 0.2) is 30.5 Å². The van der Waals surface area contributed by atoms with E-state index in [0.717, 1.165) is 41.6 Å². The zero-order valence-electron chi connectivity index (χ0n) is 15.5. The molecule has 1 saturated heterocycles. The number of hydrogen-bond acceptors (Lipinski definition) is 4. The Morgan fingerprint density at radius 3 is 2.58 bits per heavy atom. The van der Waals surface area contributed by atoms with Gasteiger partial charge in [-0.05, 0) is 30.2 Å². The van der Waals surface area contributed by atoms with Crippen molar-refractivity contribution in [3.63, 3.8) is 0 Å². The van der Waals surface area contributed by atoms with E-state index in [2.05, 4.69) is 40.9 Å². The summed E-state index contributed by atoms with van der Waals surface area (Å²) in [6.07, 6.45) is 4.24. The molecule has 1 aliphatic heterocycles. The molecule has 0 aliphatic carbocycles. The summed E-state index contributed by atoms with van der Waals surface area (Å²) >= 11 is 6.32. The molecule has 0 amide bonds. The van der Waals surface area contributed by atoms with Crippen LogP contribution in [0.1, 0.15) is 33.6 Å². The molecule has 4 rings (SSSR count). The molecule has 2 aromatic heterocycles. The third kappa shape index (κ3) is 3.16. The molecule has 0 bridgehead atoms. The molecular weight excluding hydrogens is 346 g/mol. The number of nitrogens with zero attached hydrogens (tertiary/aromatic N) is 4. The predicted octanol–water partition coefficient (Wildman–Crippen LogP) is 4.94. The molecule has 1 aromatic carbocycles. The number of fused-ring (bicyclic) bond motifs is 1. The number of H-pyrrole nitrogens is 1. The Morgan fingerprint density at radius 2 is 1.88 bits per heavy atom. The fourth-order valence-electron chi connectivity index (χ4n) is 3.77. The number of aromatic nitrogens is 4. The average Bonchev–Trinajstić information content (AvgIpc) is 3.04. The van der Waals surface area contributed by atoms with Gasteiger partial charge in [-0.15, -0.1) is 0 Å². The Bertz CT molecular complexity index is 919. The minimum Gasteiger partial charge on any atom is -0.355 e. The third-order valence-electron chi connectivity index (χ3n) is 5.44. The van der Waals surface area contributed by atoms with Gasteiger partial charge in [-0.25, -0.2) is 9.97 Å². The lowest BCUT2D eigenvalue weighted by atomic mass is 9.75. The van der Waals surface area contributed by atoms with E-state index in [0.29, 0.717) is 16.1 Å². The molecule has 3 heterocycles. The molecule has 0 radical (unpaired) electrons. The molecule has 1 N–H and O–H groups in total. The van der Waals surface area contributed by atoms with Gasteiger partial charge in [0.05, 0.1) is 16.9 Å². The number of benzene rings is 1. The molecule has 0 atom stereocenters. The van der Waals surface area contributed by atoms with Crippen molar-refractivity contribution < 1.29 is 0 Å². The number of hydrogen-bond donors (Lipinski definition) is 1. The van der Waals surface area contributed by atoms with Crippen molar-refractivity contribution in [2.24, 2.45) is 11.3 Å². The molecule has 6 heteroatoms. The van der Waals surface area contributed by atoms with E-state index in [9.17, 15) is 0 Å². The van der Waals surface area contributed by atoms with Gasteiger partial charge in [0.15, 0.2) is 0 Å². The summed E-state index contributed by atoms with van der Waals surface area (Å²) in [6, 6.07) is 7.69. The Morgan fingerprint density at radius 1 is 1.15 bits per heavy atom. The van der Waals surface area contributed by atoms with Crippen LogP contribution in [0.25, 0.3) is 22.4 Å². The first-order valence-electron chi connectivity index (χ1n) is 9.14. The van der Waals surface area contributed by atoms with Crippen LogP contribution in [0.2, 0.25) is 5.02 Å². The van der Waals surface area contributed by atoms with Crippen LogP contribution in [0.3, 0.4) is 0 Å². The maximum Gasteiger partial charge on any atom is 0.202 e. The van der Waals surface area contributed by atoms with E-state index in [4.69, 9.17) is 16.6 Å². The third-order valence-corrected chi connectivity index (χ3v) is 5.77. The van der Waals surface area contributed by atoms with Crippen molar-refractivity contribution in [1.29, 1.82) is 0 Å². The summed E-state index contributed by atoms with van der Waals surface area (Å²) in [6.45, 7) is 9.03. The van der Waals surface area contributed by atoms with E-state index in [-0.39, 0.29) is 0 Å². The second-order valence-corrected chi connectivity index (χ2v) is 8.51. The molecule has 0 unspecified atom stereocenters. The minimum absolute atomic E-state index is 0.369. The van der Waals surface area contributed by atoms with Crippen molar-refractivity contribution in [1.82, 2.24) is 20.2 Å². The molecule has 1 fully saturated rings. The SMILES string of the molecule is CC(C)(C)C1CCN(c2cnc3c(-c4ccccc4Cl)[nH]nc3n2)CC1. The molecule has 5 nitrogen and oxygen atoms in total. The lowest BCUT2D eigenvalue weighted by molar-refractivity contribution is 0.198. The summed E-state index contributed by atoms with van der Waals surface area (Å²) in [5.74, 6) is 1.66. The first-order valence-corrected chi connectivity index (χ1v) is 9.52. The summed E-state index contributed by atoms with van der Waals surface area (Å²) in [5.41, 5.74) is 3.47. The molecule has 3 aromatic rings. The average molecular weight is 370 g/mol. The van der Waals surface area contributed by atoms with E-state index < -0.39 is 0 Å². The highest BCUT2D eigenvalue weighted by atomic mass is 35.5. The van der Waals surface area contributed by atoms with Crippen LogP contribution in [-0.2, 0) is 0 Å². The van der Waals surface area contributed by atoms with Gasteiger partial charge in [-0.2, -0.15) is 5.10 Å². The molecule has 0 saturated carbocycles. The van der Waals surface area contributed by atoms with Crippen LogP contribution < -0.4 is 4.90 Å². The zero-order valence-corrected chi connectivity index (χ0v) is 16.2. The van der Waals surface area contributed by atoms with Crippen molar-refractivity contribution in [3.05, 3.63) is 35.5 Å². The van der Waals surface area contributed by atoms with Crippen molar-refractivity contribution >= 4 is 28.6 Å². The van der Waals surface area contributed by atoms with Crippen LogP contribution in [0, 0.1) is 11.3 Å². The number of nitrogens with one attached hydrogen (secondary N) is 1. The number of rotatable bonds is 2. The first-order chi connectivity index (χ1) is 12.4. The Balaban J connectivity index is 1.59. The molecule has 0 spiro atoms. The van der Waals surface area contributed by atoms with Gasteiger partial charge in [0.1, 0.15) is 11.3 Å². The summed E-state index contributed by atoms with van der Waals surface area (Å²) < 4.78 is 0. The largest absolute Gasteiger partial charge is 0.355 e. The minimum atomic E-state index is 0.369. The first kappa shape index (κ1) is 17.3. The second kappa shape index (κ2) is 6.54. The van der Waals surface area contributed by atoms with E-state index in [1.807, 2.05) is 30.5 Å².